The minimum atomic E-state index is -0.631. The Kier molecular flexibility index (Phi) is 8.06. The monoisotopic (exact) mass is 510 g/mol. The van der Waals surface area contributed by atoms with E-state index in [1.54, 1.807) is 0 Å². The van der Waals surface area contributed by atoms with E-state index in [9.17, 15) is 8.78 Å². The van der Waals surface area contributed by atoms with Crippen molar-refractivity contribution in [3.8, 4) is 0 Å². The first-order chi connectivity index (χ1) is 14.6. The molecular weight excluding hydrogens is 477 g/mol. The number of hydrogen-bond donors (Lipinski definition) is 2. The molecule has 1 aliphatic rings. The number of nitrogens with two attached hydrogens (primary N) is 2. The Hall–Kier alpha value is -1.64. The van der Waals surface area contributed by atoms with Crippen molar-refractivity contribution in [1.29, 1.82) is 0 Å². The number of anilines is 2. The summed E-state index contributed by atoms with van der Waals surface area (Å²) in [7, 11) is -0.631. The van der Waals surface area contributed by atoms with Gasteiger partial charge in [0.2, 0.25) is 0 Å². The second-order valence-corrected chi connectivity index (χ2v) is 10.6. The summed E-state index contributed by atoms with van der Waals surface area (Å²) in [6, 6.07) is 5.74. The Morgan fingerprint density at radius 1 is 0.781 bits per heavy atom. The molecule has 0 amide bonds. The van der Waals surface area contributed by atoms with Crippen molar-refractivity contribution in [2.24, 2.45) is 0 Å². The molecule has 1 aliphatic heterocycles. The molecule has 4 N–H and O–H groups in total. The van der Waals surface area contributed by atoms with Crippen LogP contribution in [0.1, 0.15) is 78.4 Å². The molecule has 0 saturated carbocycles. The van der Waals surface area contributed by atoms with Gasteiger partial charge in [-0.15, -0.1) is 0 Å². The van der Waals surface area contributed by atoms with Gasteiger partial charge < -0.3 is 20.8 Å². The van der Waals surface area contributed by atoms with Crippen LogP contribution in [0, 0.1) is 11.6 Å². The molecule has 3 rings (SSSR count). The number of rotatable bonds is 3. The second kappa shape index (κ2) is 9.70. The van der Waals surface area contributed by atoms with Gasteiger partial charge in [-0.05, 0) is 90.9 Å². The summed E-state index contributed by atoms with van der Waals surface area (Å²) in [5.41, 5.74) is 14.4. The van der Waals surface area contributed by atoms with Gasteiger partial charge in [0, 0.05) is 21.3 Å². The molecule has 0 radical (unpaired) electrons. The smallest absolute Gasteiger partial charge is 0.399 e. The van der Waals surface area contributed by atoms with E-state index in [1.807, 2.05) is 55.4 Å². The molecule has 0 atom stereocenters. The van der Waals surface area contributed by atoms with Gasteiger partial charge in [-0.25, -0.2) is 8.78 Å². The SMILES string of the molecule is CC(C)c1cc(F)cc(B2OC(C)(C)C(C)(C)O2)c1N.CC(C)c1cc(F)cc(Br)c1N. The van der Waals surface area contributed by atoms with E-state index in [1.165, 1.54) is 24.3 Å². The lowest BCUT2D eigenvalue weighted by atomic mass is 9.76. The van der Waals surface area contributed by atoms with Crippen molar-refractivity contribution in [3.63, 3.8) is 0 Å². The predicted molar refractivity (Wildman–Crippen MR) is 133 cm³/mol. The summed E-state index contributed by atoms with van der Waals surface area (Å²) >= 11 is 3.20. The molecule has 0 bridgehead atoms. The van der Waals surface area contributed by atoms with Crippen LogP contribution in [0.5, 0.6) is 0 Å². The molecule has 0 aliphatic carbocycles. The van der Waals surface area contributed by atoms with Gasteiger partial charge in [0.15, 0.2) is 0 Å². The Balaban J connectivity index is 0.000000258. The summed E-state index contributed by atoms with van der Waals surface area (Å²) in [4.78, 5) is 0. The van der Waals surface area contributed by atoms with Crippen LogP contribution in [0.4, 0.5) is 20.2 Å². The van der Waals surface area contributed by atoms with Crippen LogP contribution in [0.15, 0.2) is 28.7 Å². The molecule has 0 aromatic heterocycles. The average molecular weight is 511 g/mol. The molecule has 1 heterocycles. The third kappa shape index (κ3) is 5.64. The fourth-order valence-corrected chi connectivity index (χ4v) is 3.83. The molecule has 8 heteroatoms. The zero-order chi connectivity index (χ0) is 24.6. The summed E-state index contributed by atoms with van der Waals surface area (Å²) in [5.74, 6) is -0.170. The van der Waals surface area contributed by atoms with Gasteiger partial charge in [0.05, 0.1) is 11.2 Å². The molecule has 0 spiro atoms. The van der Waals surface area contributed by atoms with Crippen molar-refractivity contribution in [1.82, 2.24) is 0 Å². The van der Waals surface area contributed by atoms with E-state index in [4.69, 9.17) is 20.8 Å². The fraction of sp³-hybridized carbons (Fsp3) is 0.500. The molecular formula is C24H34BBrF2N2O2. The number of nitrogen functional groups attached to an aromatic ring is 2. The first-order valence-corrected chi connectivity index (χ1v) is 11.6. The largest absolute Gasteiger partial charge is 0.497 e. The van der Waals surface area contributed by atoms with E-state index in [-0.39, 0.29) is 23.5 Å². The lowest BCUT2D eigenvalue weighted by molar-refractivity contribution is 0.00578. The van der Waals surface area contributed by atoms with Gasteiger partial charge in [0.1, 0.15) is 11.6 Å². The minimum absolute atomic E-state index is 0.145. The zero-order valence-electron chi connectivity index (χ0n) is 20.1. The normalized spacial score (nSPS) is 17.0. The highest BCUT2D eigenvalue weighted by Gasteiger charge is 2.52. The van der Waals surface area contributed by atoms with Crippen molar-refractivity contribution in [3.05, 3.63) is 51.5 Å². The highest BCUT2D eigenvalue weighted by Crippen LogP contribution is 2.37. The molecule has 1 fully saturated rings. The number of hydrogen-bond acceptors (Lipinski definition) is 4. The van der Waals surface area contributed by atoms with Crippen LogP contribution in [-0.2, 0) is 9.31 Å². The number of halogens is 3. The highest BCUT2D eigenvalue weighted by molar-refractivity contribution is 9.10. The van der Waals surface area contributed by atoms with Crippen LogP contribution in [0.3, 0.4) is 0 Å². The zero-order valence-corrected chi connectivity index (χ0v) is 21.7. The first kappa shape index (κ1) is 26.6. The van der Waals surface area contributed by atoms with Gasteiger partial charge in [-0.2, -0.15) is 0 Å². The van der Waals surface area contributed by atoms with Gasteiger partial charge in [-0.1, -0.05) is 27.7 Å². The van der Waals surface area contributed by atoms with Gasteiger partial charge in [0.25, 0.3) is 0 Å². The summed E-state index contributed by atoms with van der Waals surface area (Å²) in [6.45, 7) is 15.8. The molecule has 176 valence electrons. The summed E-state index contributed by atoms with van der Waals surface area (Å²) in [5, 5.41) is 0. The Morgan fingerprint density at radius 3 is 1.62 bits per heavy atom. The van der Waals surface area contributed by atoms with Crippen LogP contribution in [-0.4, -0.2) is 18.3 Å². The van der Waals surface area contributed by atoms with Crippen molar-refractivity contribution < 1.29 is 18.1 Å². The van der Waals surface area contributed by atoms with E-state index in [0.29, 0.717) is 21.3 Å². The van der Waals surface area contributed by atoms with Crippen LogP contribution in [0.2, 0.25) is 0 Å². The lowest BCUT2D eigenvalue weighted by Crippen LogP contribution is -2.41. The van der Waals surface area contributed by atoms with Crippen molar-refractivity contribution in [2.45, 2.75) is 78.4 Å². The predicted octanol–water partition coefficient (Wildman–Crippen LogP) is 6.12. The minimum Gasteiger partial charge on any atom is -0.399 e. The first-order valence-electron chi connectivity index (χ1n) is 10.8. The van der Waals surface area contributed by atoms with Crippen molar-refractivity contribution in [2.75, 3.05) is 11.5 Å². The quantitative estimate of drug-likeness (QED) is 0.385. The Morgan fingerprint density at radius 2 is 1.19 bits per heavy atom. The van der Waals surface area contributed by atoms with Gasteiger partial charge >= 0.3 is 7.12 Å². The average Bonchev–Trinajstić information content (AvgIpc) is 2.87. The van der Waals surface area contributed by atoms with E-state index in [0.717, 1.165) is 11.1 Å². The second-order valence-electron chi connectivity index (χ2n) is 9.79. The van der Waals surface area contributed by atoms with Crippen LogP contribution in [0.25, 0.3) is 0 Å². The molecule has 2 aromatic carbocycles. The Labute approximate surface area is 199 Å². The summed E-state index contributed by atoms with van der Waals surface area (Å²) in [6.07, 6.45) is 0. The maximum absolute atomic E-state index is 13.8. The maximum Gasteiger partial charge on any atom is 0.497 e. The van der Waals surface area contributed by atoms with Crippen LogP contribution < -0.4 is 16.9 Å². The topological polar surface area (TPSA) is 70.5 Å². The third-order valence-corrected chi connectivity index (χ3v) is 6.74. The van der Waals surface area contributed by atoms with E-state index < -0.39 is 18.3 Å². The molecule has 2 aromatic rings. The number of benzene rings is 2. The Bertz CT molecular complexity index is 965. The standard InChI is InChI=1S/C15H23BFNO2.C9H11BrFN/c1-9(2)11-7-10(17)8-12(13(11)18)16-19-14(3,4)15(5,6)20-16;1-5(2)7-3-6(11)4-8(10)9(7)12/h7-9H,18H2,1-6H3;3-5H,12H2,1-2H3. The van der Waals surface area contributed by atoms with Crippen molar-refractivity contribution >= 4 is 39.9 Å². The van der Waals surface area contributed by atoms with Crippen LogP contribution >= 0.6 is 15.9 Å². The van der Waals surface area contributed by atoms with E-state index in [2.05, 4.69) is 15.9 Å². The fourth-order valence-electron chi connectivity index (χ4n) is 3.39. The molecule has 1 saturated heterocycles. The maximum atomic E-state index is 13.8. The summed E-state index contributed by atoms with van der Waals surface area (Å²) < 4.78 is 39.3. The molecule has 0 unspecified atom stereocenters. The van der Waals surface area contributed by atoms with Gasteiger partial charge in [-0.3, -0.25) is 0 Å². The third-order valence-electron chi connectivity index (χ3n) is 6.09. The molecule has 32 heavy (non-hydrogen) atoms. The lowest BCUT2D eigenvalue weighted by Gasteiger charge is -2.32. The highest BCUT2D eigenvalue weighted by atomic mass is 79.9. The molecule has 4 nitrogen and oxygen atoms in total. The van der Waals surface area contributed by atoms with E-state index >= 15 is 0 Å².